The molecule has 2 unspecified atom stereocenters. The quantitative estimate of drug-likeness (QED) is 0.437. The smallest absolute Gasteiger partial charge is 0.371 e. The first-order valence-corrected chi connectivity index (χ1v) is 11.3. The van der Waals surface area contributed by atoms with Gasteiger partial charge in [-0.05, 0) is 36.3 Å². The molecule has 1 saturated heterocycles. The lowest BCUT2D eigenvalue weighted by Crippen LogP contribution is -2.73. The molecule has 2 atom stereocenters. The maximum atomic E-state index is 9.47. The second-order valence-electron chi connectivity index (χ2n) is 7.29. The van der Waals surface area contributed by atoms with Crippen LogP contribution in [0.15, 0.2) is 12.7 Å². The maximum absolute atomic E-state index is 9.47. The molecule has 164 valence electrons. The second kappa shape index (κ2) is 13.7. The van der Waals surface area contributed by atoms with Crippen LogP contribution in [-0.2, 0) is 18.4 Å². The molecule has 1 rings (SSSR count). The van der Waals surface area contributed by atoms with Gasteiger partial charge < -0.3 is 25.5 Å². The highest BCUT2D eigenvalue weighted by Gasteiger charge is 2.68. The number of nitrogens with two attached hydrogens (primary N) is 1. The van der Waals surface area contributed by atoms with Crippen LogP contribution in [0.3, 0.4) is 0 Å². The first-order valence-electron chi connectivity index (χ1n) is 9.25. The summed E-state index contributed by atoms with van der Waals surface area (Å²) < 4.78 is 18.3. The molecule has 1 heterocycles. The second-order valence-corrected chi connectivity index (χ2v) is 10.9. The van der Waals surface area contributed by atoms with E-state index in [1.165, 1.54) is 19.3 Å². The van der Waals surface area contributed by atoms with Crippen molar-refractivity contribution in [3.05, 3.63) is 12.7 Å². The molecule has 0 bridgehead atoms. The minimum Gasteiger partial charge on any atom is -0.396 e. The van der Waals surface area contributed by atoms with Gasteiger partial charge in [0.05, 0.1) is 0 Å². The van der Waals surface area contributed by atoms with Crippen LogP contribution in [0.5, 0.6) is 0 Å². The molecule has 0 spiro atoms. The van der Waals surface area contributed by atoms with E-state index in [2.05, 4.69) is 40.0 Å². The summed E-state index contributed by atoms with van der Waals surface area (Å²) in [6.07, 6.45) is 6.86. The number of primary amides is 1. The van der Waals surface area contributed by atoms with Gasteiger partial charge in [0.15, 0.2) is 0 Å². The van der Waals surface area contributed by atoms with Gasteiger partial charge in [-0.25, -0.2) is 0 Å². The third-order valence-corrected chi connectivity index (χ3v) is 10.5. The van der Waals surface area contributed by atoms with Crippen molar-refractivity contribution in [2.45, 2.75) is 71.1 Å². The predicted molar refractivity (Wildman–Crippen MR) is 118 cm³/mol. The molecule has 1 aliphatic rings. The highest BCUT2D eigenvalue weighted by molar-refractivity contribution is 6.71. The summed E-state index contributed by atoms with van der Waals surface area (Å²) in [5, 5.41) is -0.254. The number of halogens is 1. The van der Waals surface area contributed by atoms with Crippen LogP contribution in [0.2, 0.25) is 6.04 Å². The van der Waals surface area contributed by atoms with E-state index in [-0.39, 0.29) is 29.2 Å². The average molecular weight is 427 g/mol. The van der Waals surface area contributed by atoms with E-state index in [4.69, 9.17) is 13.6 Å². The number of amides is 1. The summed E-state index contributed by atoms with van der Waals surface area (Å²) >= 11 is 0. The zero-order valence-corrected chi connectivity index (χ0v) is 20.2. The van der Waals surface area contributed by atoms with Crippen LogP contribution in [0, 0.1) is 11.3 Å². The molecule has 0 radical (unpaired) electrons. The molecule has 5 N–H and O–H groups in total. The third-order valence-electron chi connectivity index (χ3n) is 5.95. The lowest BCUT2D eigenvalue weighted by Gasteiger charge is -2.60. The molecule has 0 aromatic rings. The van der Waals surface area contributed by atoms with Crippen LogP contribution < -0.4 is 11.9 Å². The van der Waals surface area contributed by atoms with E-state index in [0.29, 0.717) is 5.92 Å². The van der Waals surface area contributed by atoms with Gasteiger partial charge in [-0.1, -0.05) is 53.5 Å². The van der Waals surface area contributed by atoms with Crippen LogP contribution in [-0.4, -0.2) is 41.0 Å². The van der Waals surface area contributed by atoms with Gasteiger partial charge in [0.2, 0.25) is 5.91 Å². The van der Waals surface area contributed by atoms with Gasteiger partial charge in [0.1, 0.15) is 5.22 Å². The zero-order valence-electron chi connectivity index (χ0n) is 18.4. The Labute approximate surface area is 173 Å². The molecule has 0 aromatic carbocycles. The topological polar surface area (TPSA) is 106 Å². The Hall–Kier alpha value is -0.443. The Morgan fingerprint density at radius 2 is 1.70 bits per heavy atom. The number of ether oxygens (including phenoxy) is 1. The number of rotatable bonds is 8. The van der Waals surface area contributed by atoms with Gasteiger partial charge in [-0.15, -0.1) is 12.4 Å². The van der Waals surface area contributed by atoms with Crippen molar-refractivity contribution in [1.29, 1.82) is 0 Å². The van der Waals surface area contributed by atoms with Gasteiger partial charge in [-0.2, -0.15) is 0 Å². The summed E-state index contributed by atoms with van der Waals surface area (Å²) in [6, 6.07) is 1.04. The van der Waals surface area contributed by atoms with Gasteiger partial charge in [0, 0.05) is 21.3 Å². The standard InChI is InChI=1S/C16H34O3Si.C3H5NO.ClH.H3N/c1-8-10-14-11-13-20(18-6,19-7)16(17-5,12-9-2)15(14,3)4;1-2-3(4)5;;/h14H,8-13H2,1-7H3;2H,1H2,(H2,4,5);1H;1H3. The summed E-state index contributed by atoms with van der Waals surface area (Å²) in [4.78, 5) is 9.47. The normalized spacial score (nSPS) is 25.1. The monoisotopic (exact) mass is 426 g/mol. The number of methoxy groups -OCH3 is 1. The Bertz CT molecular complexity index is 434. The van der Waals surface area contributed by atoms with Crippen molar-refractivity contribution >= 4 is 26.9 Å². The predicted octanol–water partition coefficient (Wildman–Crippen LogP) is 4.53. The highest BCUT2D eigenvalue weighted by Crippen LogP contribution is 2.57. The Morgan fingerprint density at radius 3 is 2.00 bits per heavy atom. The van der Waals surface area contributed by atoms with Gasteiger partial charge in [-0.3, -0.25) is 4.79 Å². The van der Waals surface area contributed by atoms with Crippen molar-refractivity contribution in [3.8, 4) is 0 Å². The van der Waals surface area contributed by atoms with E-state index in [9.17, 15) is 4.79 Å². The summed E-state index contributed by atoms with van der Waals surface area (Å²) in [7, 11) is 3.12. The molecule has 0 aromatic heterocycles. The van der Waals surface area contributed by atoms with Gasteiger partial charge in [0.25, 0.3) is 0 Å². The highest BCUT2D eigenvalue weighted by atomic mass is 35.5. The summed E-state index contributed by atoms with van der Waals surface area (Å²) in [6.45, 7) is 12.3. The molecule has 0 aliphatic carbocycles. The first-order chi connectivity index (χ1) is 11.7. The fourth-order valence-electron chi connectivity index (χ4n) is 4.60. The minimum atomic E-state index is -2.36. The van der Waals surface area contributed by atoms with Crippen molar-refractivity contribution in [3.63, 3.8) is 0 Å². The number of hydrogen-bond donors (Lipinski definition) is 2. The number of hydrogen-bond acceptors (Lipinski definition) is 5. The van der Waals surface area contributed by atoms with Crippen LogP contribution in [0.25, 0.3) is 0 Å². The van der Waals surface area contributed by atoms with E-state index in [1.807, 2.05) is 21.3 Å². The van der Waals surface area contributed by atoms with Crippen LogP contribution in [0.1, 0.15) is 59.8 Å². The Morgan fingerprint density at radius 1 is 1.22 bits per heavy atom. The Kier molecular flexibility index (Phi) is 15.8. The number of carbonyl (C=O) groups excluding carboxylic acids is 1. The van der Waals surface area contributed by atoms with Gasteiger partial charge >= 0.3 is 8.56 Å². The lowest BCUT2D eigenvalue weighted by molar-refractivity contribution is -0.118. The van der Waals surface area contributed by atoms with E-state index < -0.39 is 14.5 Å². The third kappa shape index (κ3) is 6.27. The minimum absolute atomic E-state index is 0. The first kappa shape index (κ1) is 31.3. The molecule has 0 saturated carbocycles. The van der Waals surface area contributed by atoms with E-state index >= 15 is 0 Å². The van der Waals surface area contributed by atoms with E-state index in [1.54, 1.807) is 0 Å². The van der Waals surface area contributed by atoms with Crippen molar-refractivity contribution in [2.75, 3.05) is 21.3 Å². The molecule has 1 fully saturated rings. The molecule has 1 aliphatic heterocycles. The largest absolute Gasteiger partial charge is 0.396 e. The van der Waals surface area contributed by atoms with Crippen LogP contribution in [0.4, 0.5) is 0 Å². The van der Waals surface area contributed by atoms with E-state index in [0.717, 1.165) is 25.0 Å². The lowest BCUT2D eigenvalue weighted by atomic mass is 9.69. The maximum Gasteiger partial charge on any atom is 0.371 e. The molecule has 27 heavy (non-hydrogen) atoms. The number of carbonyl (C=O) groups is 1. The molecule has 8 heteroatoms. The van der Waals surface area contributed by atoms with Crippen LogP contribution >= 0.6 is 12.4 Å². The summed E-state index contributed by atoms with van der Waals surface area (Å²) in [5.74, 6) is 0.204. The molecule has 6 nitrogen and oxygen atoms in total. The fraction of sp³-hybridized carbons (Fsp3) is 0.842. The fourth-order valence-corrected chi connectivity index (χ4v) is 9.10. The molecule has 1 amide bonds. The summed E-state index contributed by atoms with van der Waals surface area (Å²) in [5.41, 5.74) is 4.62. The molecular weight excluding hydrogens is 384 g/mol. The SMILES string of the molecule is C=CC(N)=O.CCCC1CC[Si](OC)(OC)C(CCC)(OC)C1(C)C.Cl.N. The molecular formula is C19H43ClN2O4Si. The average Bonchev–Trinajstić information content (AvgIpc) is 2.59. The Balaban J connectivity index is -0.000000729. The van der Waals surface area contributed by atoms with Crippen molar-refractivity contribution in [2.24, 2.45) is 17.1 Å². The zero-order chi connectivity index (χ0) is 19.7. The van der Waals surface area contributed by atoms with Crippen molar-refractivity contribution < 1.29 is 18.4 Å². The van der Waals surface area contributed by atoms with Crippen molar-refractivity contribution in [1.82, 2.24) is 6.15 Å².